The van der Waals surface area contributed by atoms with E-state index in [0.29, 0.717) is 11.7 Å². The molecule has 94 valence electrons. The van der Waals surface area contributed by atoms with Crippen LogP contribution in [0.3, 0.4) is 0 Å². The molecule has 17 heavy (non-hydrogen) atoms. The number of carbonyl (C=O) groups is 1. The Morgan fingerprint density at radius 2 is 2.35 bits per heavy atom. The molecule has 1 aliphatic rings. The van der Waals surface area contributed by atoms with Crippen LogP contribution in [0.4, 0.5) is 0 Å². The van der Waals surface area contributed by atoms with E-state index in [0.717, 1.165) is 30.7 Å². The summed E-state index contributed by atoms with van der Waals surface area (Å²) in [6.07, 6.45) is 1.79. The Kier molecular flexibility index (Phi) is 3.89. The van der Waals surface area contributed by atoms with E-state index in [1.807, 2.05) is 11.0 Å². The number of H-pyrrole nitrogens is 1. The van der Waals surface area contributed by atoms with Crippen molar-refractivity contribution in [1.29, 1.82) is 0 Å². The third-order valence-corrected chi connectivity index (χ3v) is 3.79. The second kappa shape index (κ2) is 5.23. The number of piperazine rings is 1. The lowest BCUT2D eigenvalue weighted by molar-refractivity contribution is 0.0523. The van der Waals surface area contributed by atoms with Crippen LogP contribution >= 0.6 is 15.9 Å². The summed E-state index contributed by atoms with van der Waals surface area (Å²) in [5.41, 5.74) is 0.661. The van der Waals surface area contributed by atoms with Crippen LogP contribution in [0, 0.1) is 0 Å². The van der Waals surface area contributed by atoms with Gasteiger partial charge < -0.3 is 9.88 Å². The molecular formula is C12H18BrN3O. The van der Waals surface area contributed by atoms with Crippen molar-refractivity contribution in [1.82, 2.24) is 14.8 Å². The van der Waals surface area contributed by atoms with Gasteiger partial charge in [-0.1, -0.05) is 6.92 Å². The van der Waals surface area contributed by atoms with Crippen molar-refractivity contribution in [2.24, 2.45) is 0 Å². The normalized spacial score (nSPS) is 21.8. The predicted molar refractivity (Wildman–Crippen MR) is 71.1 cm³/mol. The van der Waals surface area contributed by atoms with E-state index < -0.39 is 0 Å². The lowest BCUT2D eigenvalue weighted by Crippen LogP contribution is -2.53. The van der Waals surface area contributed by atoms with E-state index in [-0.39, 0.29) is 5.91 Å². The molecule has 1 aromatic heterocycles. The number of hydrogen-bond donors (Lipinski definition) is 1. The Morgan fingerprint density at radius 1 is 1.59 bits per heavy atom. The molecule has 1 fully saturated rings. The highest BCUT2D eigenvalue weighted by atomic mass is 79.9. The molecule has 4 nitrogen and oxygen atoms in total. The maximum atomic E-state index is 12.2. The summed E-state index contributed by atoms with van der Waals surface area (Å²) in [4.78, 5) is 19.5. The van der Waals surface area contributed by atoms with Gasteiger partial charge in [-0.3, -0.25) is 9.69 Å². The fourth-order valence-corrected chi connectivity index (χ4v) is 2.65. The fraction of sp³-hybridized carbons (Fsp3) is 0.583. The predicted octanol–water partition coefficient (Wildman–Crippen LogP) is 1.94. The molecule has 1 saturated heterocycles. The van der Waals surface area contributed by atoms with E-state index in [1.54, 1.807) is 6.20 Å². The zero-order chi connectivity index (χ0) is 12.4. The van der Waals surface area contributed by atoms with Crippen molar-refractivity contribution < 1.29 is 4.79 Å². The van der Waals surface area contributed by atoms with Crippen molar-refractivity contribution in [3.8, 4) is 0 Å². The number of nitrogens with one attached hydrogen (secondary N) is 1. The number of aromatic amines is 1. The summed E-state index contributed by atoms with van der Waals surface area (Å²) in [6.45, 7) is 7.98. The van der Waals surface area contributed by atoms with Gasteiger partial charge in [0.05, 0.1) is 0 Å². The van der Waals surface area contributed by atoms with Crippen LogP contribution in [0.15, 0.2) is 16.7 Å². The van der Waals surface area contributed by atoms with Gasteiger partial charge in [-0.15, -0.1) is 0 Å². The average molecular weight is 300 g/mol. The van der Waals surface area contributed by atoms with Crippen LogP contribution < -0.4 is 0 Å². The van der Waals surface area contributed by atoms with Gasteiger partial charge in [0.2, 0.25) is 0 Å². The largest absolute Gasteiger partial charge is 0.356 e. The summed E-state index contributed by atoms with van der Waals surface area (Å²) in [5, 5.41) is 0. The Bertz CT molecular complexity index is 404. The highest BCUT2D eigenvalue weighted by Crippen LogP contribution is 2.15. The average Bonchev–Trinajstić information content (AvgIpc) is 2.75. The van der Waals surface area contributed by atoms with Crippen molar-refractivity contribution in [2.75, 3.05) is 26.2 Å². The van der Waals surface area contributed by atoms with Crippen molar-refractivity contribution in [3.05, 3.63) is 22.4 Å². The van der Waals surface area contributed by atoms with Gasteiger partial charge in [0.1, 0.15) is 5.69 Å². The molecule has 0 saturated carbocycles. The number of amides is 1. The van der Waals surface area contributed by atoms with Gasteiger partial charge >= 0.3 is 0 Å². The molecule has 1 aliphatic heterocycles. The molecular weight excluding hydrogens is 282 g/mol. The van der Waals surface area contributed by atoms with Crippen molar-refractivity contribution in [2.45, 2.75) is 19.9 Å². The van der Waals surface area contributed by atoms with Crippen molar-refractivity contribution >= 4 is 21.8 Å². The van der Waals surface area contributed by atoms with Gasteiger partial charge in [-0.2, -0.15) is 0 Å². The summed E-state index contributed by atoms with van der Waals surface area (Å²) in [5.74, 6) is 0.0957. The van der Waals surface area contributed by atoms with E-state index in [4.69, 9.17) is 0 Å². The Balaban J connectivity index is 2.02. The lowest BCUT2D eigenvalue weighted by Gasteiger charge is -2.39. The first-order chi connectivity index (χ1) is 8.11. The lowest BCUT2D eigenvalue weighted by atomic mass is 10.2. The molecule has 0 spiro atoms. The number of aromatic nitrogens is 1. The summed E-state index contributed by atoms with van der Waals surface area (Å²) in [7, 11) is 0. The second-order valence-electron chi connectivity index (χ2n) is 4.46. The van der Waals surface area contributed by atoms with Crippen LogP contribution in [-0.2, 0) is 0 Å². The summed E-state index contributed by atoms with van der Waals surface area (Å²) < 4.78 is 0.918. The van der Waals surface area contributed by atoms with Crippen LogP contribution in [0.25, 0.3) is 0 Å². The molecule has 0 radical (unpaired) electrons. The molecule has 0 bridgehead atoms. The standard InChI is InChI=1S/C12H18BrN3O/c1-3-15-4-5-16(8-9(15)2)12(17)11-6-10(13)7-14-11/h6-7,9,14H,3-5,8H2,1-2H3. The Hall–Kier alpha value is -0.810. The molecule has 1 N–H and O–H groups in total. The topological polar surface area (TPSA) is 39.3 Å². The molecule has 1 aromatic rings. The maximum absolute atomic E-state index is 12.2. The zero-order valence-corrected chi connectivity index (χ0v) is 11.8. The molecule has 0 aliphatic carbocycles. The minimum atomic E-state index is 0.0957. The van der Waals surface area contributed by atoms with Crippen LogP contribution in [0.1, 0.15) is 24.3 Å². The molecule has 2 rings (SSSR count). The van der Waals surface area contributed by atoms with Gasteiger partial charge in [-0.05, 0) is 35.5 Å². The second-order valence-corrected chi connectivity index (χ2v) is 5.38. The summed E-state index contributed by atoms with van der Waals surface area (Å²) in [6, 6.07) is 2.27. The van der Waals surface area contributed by atoms with Gasteiger partial charge in [0.25, 0.3) is 5.91 Å². The fourth-order valence-electron chi connectivity index (χ4n) is 2.31. The molecule has 2 heterocycles. The highest BCUT2D eigenvalue weighted by Gasteiger charge is 2.26. The first-order valence-electron chi connectivity index (χ1n) is 5.99. The summed E-state index contributed by atoms with van der Waals surface area (Å²) >= 11 is 3.35. The molecule has 1 atom stereocenters. The van der Waals surface area contributed by atoms with Crippen LogP contribution in [0.5, 0.6) is 0 Å². The number of likely N-dealkylation sites (N-methyl/N-ethyl adjacent to an activating group) is 1. The highest BCUT2D eigenvalue weighted by molar-refractivity contribution is 9.10. The SMILES string of the molecule is CCN1CCN(C(=O)c2cc(Br)c[nH]2)CC1C. The quantitative estimate of drug-likeness (QED) is 0.906. The maximum Gasteiger partial charge on any atom is 0.270 e. The van der Waals surface area contributed by atoms with E-state index in [9.17, 15) is 4.79 Å². The van der Waals surface area contributed by atoms with Gasteiger partial charge in [0, 0.05) is 36.3 Å². The Morgan fingerprint density at radius 3 is 2.88 bits per heavy atom. The number of nitrogens with zero attached hydrogens (tertiary/aromatic N) is 2. The first kappa shape index (κ1) is 12.6. The van der Waals surface area contributed by atoms with E-state index in [2.05, 4.69) is 39.7 Å². The molecule has 5 heteroatoms. The van der Waals surface area contributed by atoms with Crippen LogP contribution in [0.2, 0.25) is 0 Å². The molecule has 1 amide bonds. The molecule has 0 aromatic carbocycles. The van der Waals surface area contributed by atoms with Gasteiger partial charge in [0.15, 0.2) is 0 Å². The van der Waals surface area contributed by atoms with Gasteiger partial charge in [-0.25, -0.2) is 0 Å². The number of halogens is 1. The monoisotopic (exact) mass is 299 g/mol. The third-order valence-electron chi connectivity index (χ3n) is 3.34. The van der Waals surface area contributed by atoms with E-state index in [1.165, 1.54) is 0 Å². The number of hydrogen-bond acceptors (Lipinski definition) is 2. The van der Waals surface area contributed by atoms with Crippen LogP contribution in [-0.4, -0.2) is 52.9 Å². The van der Waals surface area contributed by atoms with E-state index >= 15 is 0 Å². The zero-order valence-electron chi connectivity index (χ0n) is 10.2. The smallest absolute Gasteiger partial charge is 0.270 e. The third kappa shape index (κ3) is 2.72. The van der Waals surface area contributed by atoms with Crippen molar-refractivity contribution in [3.63, 3.8) is 0 Å². The minimum Gasteiger partial charge on any atom is -0.356 e. The Labute approximate surface area is 110 Å². The number of carbonyl (C=O) groups excluding carboxylic acids is 1. The molecule has 1 unspecified atom stereocenters. The minimum absolute atomic E-state index is 0.0957. The first-order valence-corrected chi connectivity index (χ1v) is 6.78. The number of rotatable bonds is 2.